The van der Waals surface area contributed by atoms with Gasteiger partial charge in [-0.25, -0.2) is 0 Å². The van der Waals surface area contributed by atoms with Crippen LogP contribution in [-0.4, -0.2) is 22.5 Å². The number of methoxy groups -OCH3 is 1. The second-order valence-corrected chi connectivity index (χ2v) is 4.73. The number of hydrogen-bond donors (Lipinski definition) is 1. The van der Waals surface area contributed by atoms with Gasteiger partial charge in [-0.2, -0.15) is 28.6 Å². The number of halogens is 3. The largest absolute Gasteiger partial charge is 0.496 e. The predicted molar refractivity (Wildman–Crippen MR) is 71.1 cm³/mol. The lowest BCUT2D eigenvalue weighted by molar-refractivity contribution is -0.137. The van der Waals surface area contributed by atoms with Gasteiger partial charge in [0.15, 0.2) is 0 Å². The molecule has 1 N–H and O–H groups in total. The van der Waals surface area contributed by atoms with E-state index in [0.717, 1.165) is 12.1 Å². The number of nitrogens with zero attached hydrogens (tertiary/aromatic N) is 2. The van der Waals surface area contributed by atoms with Crippen molar-refractivity contribution in [2.24, 2.45) is 0 Å². The van der Waals surface area contributed by atoms with Gasteiger partial charge in [-0.3, -0.25) is 0 Å². The van der Waals surface area contributed by atoms with Gasteiger partial charge in [0, 0.05) is 6.42 Å². The molecule has 0 saturated heterocycles. The molecule has 0 spiro atoms. The van der Waals surface area contributed by atoms with E-state index in [2.05, 4.69) is 15.4 Å². The SMILES string of the molecule is CCC(Cc1cn[nH]n1)c1cc(C(F)(F)F)ccc1OC. The second kappa shape index (κ2) is 6.15. The summed E-state index contributed by atoms with van der Waals surface area (Å²) in [7, 11) is 1.45. The van der Waals surface area contributed by atoms with Crippen LogP contribution >= 0.6 is 0 Å². The van der Waals surface area contributed by atoms with Crippen LogP contribution < -0.4 is 4.74 Å². The summed E-state index contributed by atoms with van der Waals surface area (Å²) in [5.74, 6) is 0.339. The monoisotopic (exact) mass is 299 g/mol. The van der Waals surface area contributed by atoms with Crippen LogP contribution in [0.15, 0.2) is 24.4 Å². The molecule has 7 heteroatoms. The second-order valence-electron chi connectivity index (χ2n) is 4.73. The Kier molecular flexibility index (Phi) is 4.50. The molecule has 1 aromatic heterocycles. The number of benzene rings is 1. The summed E-state index contributed by atoms with van der Waals surface area (Å²) in [5.41, 5.74) is 0.580. The molecule has 4 nitrogen and oxygen atoms in total. The van der Waals surface area contributed by atoms with Crippen molar-refractivity contribution in [3.05, 3.63) is 41.2 Å². The lowest BCUT2D eigenvalue weighted by Gasteiger charge is -2.19. The molecule has 0 radical (unpaired) electrons. The first-order chi connectivity index (χ1) is 9.95. The fourth-order valence-electron chi connectivity index (χ4n) is 2.28. The van der Waals surface area contributed by atoms with E-state index in [9.17, 15) is 13.2 Å². The Balaban J connectivity index is 2.38. The summed E-state index contributed by atoms with van der Waals surface area (Å²) >= 11 is 0. The number of hydrogen-bond acceptors (Lipinski definition) is 3. The lowest BCUT2D eigenvalue weighted by Crippen LogP contribution is -2.10. The highest BCUT2D eigenvalue weighted by atomic mass is 19.4. The predicted octanol–water partition coefficient (Wildman–Crippen LogP) is 3.57. The number of nitrogens with one attached hydrogen (secondary N) is 1. The summed E-state index contributed by atoms with van der Waals surface area (Å²) < 4.78 is 43.8. The maximum absolute atomic E-state index is 12.9. The van der Waals surface area contributed by atoms with Crippen molar-refractivity contribution in [1.29, 1.82) is 0 Å². The van der Waals surface area contributed by atoms with E-state index in [0.29, 0.717) is 29.8 Å². The number of rotatable bonds is 5. The molecular formula is C14H16F3N3O. The van der Waals surface area contributed by atoms with Gasteiger partial charge in [-0.1, -0.05) is 6.92 Å². The minimum Gasteiger partial charge on any atom is -0.496 e. The van der Waals surface area contributed by atoms with E-state index in [1.807, 2.05) is 6.92 Å². The zero-order valence-corrected chi connectivity index (χ0v) is 11.7. The van der Waals surface area contributed by atoms with Gasteiger partial charge in [0.1, 0.15) is 5.75 Å². The average Bonchev–Trinajstić information content (AvgIpc) is 2.96. The van der Waals surface area contributed by atoms with Crippen molar-refractivity contribution < 1.29 is 17.9 Å². The van der Waals surface area contributed by atoms with E-state index >= 15 is 0 Å². The minimum absolute atomic E-state index is 0.118. The standard InChI is InChI=1S/C14H16F3N3O/c1-3-9(6-11-8-18-20-19-11)12-7-10(14(15,16)17)4-5-13(12)21-2/h4-5,7-9H,3,6H2,1-2H3,(H,18,19,20). The first-order valence-corrected chi connectivity index (χ1v) is 6.55. The van der Waals surface area contributed by atoms with Crippen LogP contribution in [0.2, 0.25) is 0 Å². The zero-order valence-electron chi connectivity index (χ0n) is 11.7. The van der Waals surface area contributed by atoms with Crippen molar-refractivity contribution in [2.45, 2.75) is 31.9 Å². The van der Waals surface area contributed by atoms with Crippen LogP contribution in [0.25, 0.3) is 0 Å². The van der Waals surface area contributed by atoms with Crippen molar-refractivity contribution >= 4 is 0 Å². The fraction of sp³-hybridized carbons (Fsp3) is 0.429. The van der Waals surface area contributed by atoms with Crippen LogP contribution in [-0.2, 0) is 12.6 Å². The van der Waals surface area contributed by atoms with Crippen LogP contribution in [0.5, 0.6) is 5.75 Å². The molecule has 114 valence electrons. The van der Waals surface area contributed by atoms with Crippen LogP contribution in [0.1, 0.15) is 36.1 Å². The molecule has 1 unspecified atom stereocenters. The van der Waals surface area contributed by atoms with E-state index in [-0.39, 0.29) is 5.92 Å². The Hall–Kier alpha value is -2.05. The molecule has 0 aliphatic heterocycles. The summed E-state index contributed by atoms with van der Waals surface area (Å²) in [6.07, 6.45) is -1.62. The molecule has 2 aromatic rings. The van der Waals surface area contributed by atoms with Crippen molar-refractivity contribution in [1.82, 2.24) is 15.4 Å². The summed E-state index contributed by atoms with van der Waals surface area (Å²) in [5, 5.41) is 10.2. The summed E-state index contributed by atoms with van der Waals surface area (Å²) in [6.45, 7) is 1.92. The van der Waals surface area contributed by atoms with Crippen molar-refractivity contribution in [2.75, 3.05) is 7.11 Å². The number of ether oxygens (including phenoxy) is 1. The lowest BCUT2D eigenvalue weighted by atomic mass is 9.90. The zero-order chi connectivity index (χ0) is 15.5. The van der Waals surface area contributed by atoms with Crippen molar-refractivity contribution in [3.63, 3.8) is 0 Å². The van der Waals surface area contributed by atoms with Crippen molar-refractivity contribution in [3.8, 4) is 5.75 Å². The highest BCUT2D eigenvalue weighted by molar-refractivity contribution is 5.41. The Morgan fingerprint density at radius 2 is 2.10 bits per heavy atom. The van der Waals surface area contributed by atoms with Crippen LogP contribution in [0.3, 0.4) is 0 Å². The van der Waals surface area contributed by atoms with Gasteiger partial charge in [0.05, 0.1) is 24.6 Å². The van der Waals surface area contributed by atoms with E-state index < -0.39 is 11.7 Å². The van der Waals surface area contributed by atoms with Crippen LogP contribution in [0.4, 0.5) is 13.2 Å². The van der Waals surface area contributed by atoms with Gasteiger partial charge < -0.3 is 4.74 Å². The van der Waals surface area contributed by atoms with E-state index in [1.165, 1.54) is 13.2 Å². The van der Waals surface area contributed by atoms with Crippen LogP contribution in [0, 0.1) is 0 Å². The maximum atomic E-state index is 12.9. The first-order valence-electron chi connectivity index (χ1n) is 6.55. The average molecular weight is 299 g/mol. The molecule has 1 atom stereocenters. The molecule has 1 heterocycles. The molecule has 1 aromatic carbocycles. The van der Waals surface area contributed by atoms with Gasteiger partial charge in [-0.05, 0) is 36.1 Å². The van der Waals surface area contributed by atoms with E-state index in [4.69, 9.17) is 4.74 Å². The Labute approximate surface area is 120 Å². The van der Waals surface area contributed by atoms with Gasteiger partial charge >= 0.3 is 6.18 Å². The quantitative estimate of drug-likeness (QED) is 0.918. The Morgan fingerprint density at radius 1 is 1.33 bits per heavy atom. The number of aromatic amines is 1. The normalized spacial score (nSPS) is 13.2. The molecule has 0 saturated carbocycles. The Bertz CT molecular complexity index is 582. The topological polar surface area (TPSA) is 50.8 Å². The van der Waals surface area contributed by atoms with E-state index in [1.54, 1.807) is 6.20 Å². The maximum Gasteiger partial charge on any atom is 0.416 e. The molecule has 0 aliphatic carbocycles. The molecule has 2 rings (SSSR count). The molecule has 0 amide bonds. The van der Waals surface area contributed by atoms with Gasteiger partial charge in [-0.15, -0.1) is 0 Å². The third kappa shape index (κ3) is 3.53. The highest BCUT2D eigenvalue weighted by Gasteiger charge is 2.32. The third-order valence-electron chi connectivity index (χ3n) is 3.41. The molecular weight excluding hydrogens is 283 g/mol. The van der Waals surface area contributed by atoms with Gasteiger partial charge in [0.25, 0.3) is 0 Å². The molecule has 21 heavy (non-hydrogen) atoms. The van der Waals surface area contributed by atoms with Gasteiger partial charge in [0.2, 0.25) is 0 Å². The Morgan fingerprint density at radius 3 is 2.62 bits per heavy atom. The number of aromatic nitrogens is 3. The smallest absolute Gasteiger partial charge is 0.416 e. The third-order valence-corrected chi connectivity index (χ3v) is 3.41. The first kappa shape index (κ1) is 15.3. The molecule has 0 aliphatic rings. The number of H-pyrrole nitrogens is 1. The molecule has 0 bridgehead atoms. The summed E-state index contributed by atoms with van der Waals surface area (Å²) in [6, 6.07) is 3.56. The number of alkyl halides is 3. The fourth-order valence-corrected chi connectivity index (χ4v) is 2.28. The molecule has 0 fully saturated rings. The highest BCUT2D eigenvalue weighted by Crippen LogP contribution is 2.37. The minimum atomic E-state index is -4.37. The summed E-state index contributed by atoms with van der Waals surface area (Å²) in [4.78, 5) is 0.